The molecule has 0 spiro atoms. The first-order valence-electron chi connectivity index (χ1n) is 6.67. The molecule has 0 aliphatic heterocycles. The van der Waals surface area contributed by atoms with Crippen LogP contribution < -0.4 is 5.09 Å². The summed E-state index contributed by atoms with van der Waals surface area (Å²) in [4.78, 5) is 9.50. The van der Waals surface area contributed by atoms with Crippen molar-refractivity contribution in [3.63, 3.8) is 0 Å². The van der Waals surface area contributed by atoms with Crippen molar-refractivity contribution in [2.45, 2.75) is 13.8 Å². The van der Waals surface area contributed by atoms with Crippen molar-refractivity contribution < 1.29 is 23.7 Å². The summed E-state index contributed by atoms with van der Waals surface area (Å²) in [6, 6.07) is 13.3. The SMILES string of the molecule is CCOOP(=O)(Nc1cccc2ccccc12)OOCC. The summed E-state index contributed by atoms with van der Waals surface area (Å²) in [6.07, 6.45) is 0. The minimum Gasteiger partial charge on any atom is -0.289 e. The van der Waals surface area contributed by atoms with Crippen LogP contribution in [0.2, 0.25) is 0 Å². The highest BCUT2D eigenvalue weighted by Crippen LogP contribution is 2.49. The van der Waals surface area contributed by atoms with E-state index in [4.69, 9.17) is 19.1 Å². The average molecular weight is 311 g/mol. The first kappa shape index (κ1) is 15.9. The summed E-state index contributed by atoms with van der Waals surface area (Å²) in [5, 5.41) is 4.62. The van der Waals surface area contributed by atoms with E-state index in [0.29, 0.717) is 5.69 Å². The highest BCUT2D eigenvalue weighted by atomic mass is 31.2. The average Bonchev–Trinajstić information content (AvgIpc) is 2.52. The molecule has 2 aromatic rings. The molecule has 0 aliphatic carbocycles. The van der Waals surface area contributed by atoms with Gasteiger partial charge in [0, 0.05) is 5.39 Å². The van der Waals surface area contributed by atoms with Crippen LogP contribution >= 0.6 is 7.75 Å². The van der Waals surface area contributed by atoms with Crippen LogP contribution in [0.5, 0.6) is 0 Å². The minimum atomic E-state index is -3.77. The second-order valence-corrected chi connectivity index (χ2v) is 5.61. The molecule has 0 atom stereocenters. The lowest BCUT2D eigenvalue weighted by Crippen LogP contribution is -2.07. The minimum absolute atomic E-state index is 0.233. The van der Waals surface area contributed by atoms with Crippen LogP contribution in [-0.2, 0) is 23.7 Å². The molecule has 0 fully saturated rings. The van der Waals surface area contributed by atoms with Gasteiger partial charge in [0.25, 0.3) is 0 Å². The Balaban J connectivity index is 2.27. The van der Waals surface area contributed by atoms with E-state index in [0.717, 1.165) is 10.8 Å². The van der Waals surface area contributed by atoms with Crippen LogP contribution in [0.1, 0.15) is 13.8 Å². The fourth-order valence-corrected chi connectivity index (χ4v) is 2.84. The van der Waals surface area contributed by atoms with Crippen molar-refractivity contribution in [2.24, 2.45) is 0 Å². The van der Waals surface area contributed by atoms with Gasteiger partial charge in [0.2, 0.25) is 0 Å². The maximum Gasteiger partial charge on any atom is 0.486 e. The van der Waals surface area contributed by atoms with E-state index in [1.54, 1.807) is 19.9 Å². The number of hydrogen-bond donors (Lipinski definition) is 1. The predicted molar refractivity (Wildman–Crippen MR) is 80.6 cm³/mol. The Kier molecular flexibility index (Phi) is 5.73. The molecule has 6 nitrogen and oxygen atoms in total. The monoisotopic (exact) mass is 311 g/mol. The molecule has 0 heterocycles. The van der Waals surface area contributed by atoms with Gasteiger partial charge in [-0.25, -0.2) is 14.3 Å². The van der Waals surface area contributed by atoms with Crippen LogP contribution in [0, 0.1) is 0 Å². The van der Waals surface area contributed by atoms with E-state index in [-0.39, 0.29) is 13.2 Å². The van der Waals surface area contributed by atoms with Crippen LogP contribution in [-0.4, -0.2) is 13.2 Å². The zero-order valence-corrected chi connectivity index (χ0v) is 12.8. The topological polar surface area (TPSA) is 66.0 Å². The zero-order valence-electron chi connectivity index (χ0n) is 11.9. The molecule has 0 saturated carbocycles. The zero-order chi connectivity index (χ0) is 15.1. The summed E-state index contributed by atoms with van der Waals surface area (Å²) in [5.41, 5.74) is 0.607. The maximum absolute atomic E-state index is 12.5. The molecule has 0 radical (unpaired) electrons. The first-order valence-corrected chi connectivity index (χ1v) is 8.21. The van der Waals surface area contributed by atoms with Crippen LogP contribution in [0.25, 0.3) is 10.8 Å². The molecule has 0 aromatic heterocycles. The van der Waals surface area contributed by atoms with Gasteiger partial charge < -0.3 is 0 Å². The van der Waals surface area contributed by atoms with Gasteiger partial charge in [-0.05, 0) is 25.3 Å². The summed E-state index contributed by atoms with van der Waals surface area (Å²) in [7, 11) is -3.77. The van der Waals surface area contributed by atoms with Gasteiger partial charge in [-0.15, -0.1) is 9.35 Å². The number of hydrogen-bond acceptors (Lipinski definition) is 5. The van der Waals surface area contributed by atoms with E-state index in [9.17, 15) is 4.57 Å². The lowest BCUT2D eigenvalue weighted by molar-refractivity contribution is -0.261. The Labute approximate surface area is 123 Å². The fraction of sp³-hybridized carbons (Fsp3) is 0.286. The van der Waals surface area contributed by atoms with Gasteiger partial charge in [0.05, 0.1) is 18.9 Å². The smallest absolute Gasteiger partial charge is 0.289 e. The predicted octanol–water partition coefficient (Wildman–Crippen LogP) is 4.30. The van der Waals surface area contributed by atoms with Crippen molar-refractivity contribution in [3.05, 3.63) is 42.5 Å². The van der Waals surface area contributed by atoms with Crippen LogP contribution in [0.3, 0.4) is 0 Å². The fourth-order valence-electron chi connectivity index (χ4n) is 1.76. The molecule has 0 bridgehead atoms. The third-order valence-electron chi connectivity index (χ3n) is 2.58. The van der Waals surface area contributed by atoms with Crippen molar-refractivity contribution in [1.29, 1.82) is 0 Å². The normalized spacial score (nSPS) is 11.7. The molecule has 7 heteroatoms. The first-order chi connectivity index (χ1) is 10.2. The summed E-state index contributed by atoms with van der Waals surface area (Å²) >= 11 is 0. The van der Waals surface area contributed by atoms with Crippen molar-refractivity contribution in [2.75, 3.05) is 18.3 Å². The number of nitrogens with one attached hydrogen (secondary N) is 1. The van der Waals surface area contributed by atoms with Crippen molar-refractivity contribution in [3.8, 4) is 0 Å². The van der Waals surface area contributed by atoms with Gasteiger partial charge in [-0.1, -0.05) is 36.4 Å². The van der Waals surface area contributed by atoms with Gasteiger partial charge in [-0.3, -0.25) is 5.09 Å². The quantitative estimate of drug-likeness (QED) is 0.445. The lowest BCUT2D eigenvalue weighted by Gasteiger charge is -2.18. The van der Waals surface area contributed by atoms with E-state index < -0.39 is 7.75 Å². The van der Waals surface area contributed by atoms with Gasteiger partial charge in [-0.2, -0.15) is 0 Å². The Morgan fingerprint density at radius 2 is 1.57 bits per heavy atom. The highest BCUT2D eigenvalue weighted by Gasteiger charge is 2.29. The Morgan fingerprint density at radius 1 is 0.952 bits per heavy atom. The molecular formula is C14H18NO5P. The van der Waals surface area contributed by atoms with Gasteiger partial charge in [0.15, 0.2) is 0 Å². The molecule has 0 aliphatic rings. The van der Waals surface area contributed by atoms with Crippen LogP contribution in [0.15, 0.2) is 42.5 Å². The third kappa shape index (κ3) is 4.27. The number of fused-ring (bicyclic) bond motifs is 1. The summed E-state index contributed by atoms with van der Waals surface area (Å²) in [6.45, 7) is 3.89. The molecule has 2 aromatic carbocycles. The Hall–Kier alpha value is -1.43. The molecule has 1 N–H and O–H groups in total. The van der Waals surface area contributed by atoms with E-state index in [2.05, 4.69) is 5.09 Å². The number of rotatable bonds is 8. The van der Waals surface area contributed by atoms with E-state index in [1.165, 1.54) is 0 Å². The molecule has 0 amide bonds. The number of anilines is 1. The molecular weight excluding hydrogens is 293 g/mol. The third-order valence-corrected chi connectivity index (χ3v) is 3.70. The highest BCUT2D eigenvalue weighted by molar-refractivity contribution is 7.55. The molecule has 0 unspecified atom stereocenters. The molecule has 2 rings (SSSR count). The van der Waals surface area contributed by atoms with Crippen LogP contribution in [0.4, 0.5) is 5.69 Å². The molecule has 114 valence electrons. The van der Waals surface area contributed by atoms with Gasteiger partial charge >= 0.3 is 7.75 Å². The molecule has 21 heavy (non-hydrogen) atoms. The Morgan fingerprint density at radius 3 is 2.24 bits per heavy atom. The van der Waals surface area contributed by atoms with Crippen molar-refractivity contribution >= 4 is 24.2 Å². The standard InChI is InChI=1S/C14H18NO5P/c1-3-17-19-21(16,20-18-4-2)15-14-11-7-9-12-8-5-6-10-13(12)14/h5-11H,3-4H2,1-2H3,(H,15,16). The summed E-state index contributed by atoms with van der Waals surface area (Å²) < 4.78 is 22.2. The summed E-state index contributed by atoms with van der Waals surface area (Å²) in [5.74, 6) is 0. The second-order valence-electron chi connectivity index (χ2n) is 4.10. The van der Waals surface area contributed by atoms with Crippen molar-refractivity contribution in [1.82, 2.24) is 0 Å². The van der Waals surface area contributed by atoms with E-state index in [1.807, 2.05) is 36.4 Å². The van der Waals surface area contributed by atoms with E-state index >= 15 is 0 Å². The lowest BCUT2D eigenvalue weighted by atomic mass is 10.1. The number of benzene rings is 2. The largest absolute Gasteiger partial charge is 0.486 e. The maximum atomic E-state index is 12.5. The molecule has 0 saturated heterocycles. The van der Waals surface area contributed by atoms with Gasteiger partial charge in [0.1, 0.15) is 0 Å². The second kappa shape index (κ2) is 7.54. The Bertz CT molecular complexity index is 616.